The highest BCUT2D eigenvalue weighted by Crippen LogP contribution is 2.12. The van der Waals surface area contributed by atoms with Gasteiger partial charge in [-0.3, -0.25) is 5.10 Å². The molecule has 70 valence electrons. The van der Waals surface area contributed by atoms with Gasteiger partial charge < -0.3 is 0 Å². The highest BCUT2D eigenvalue weighted by Gasteiger charge is 2.01. The van der Waals surface area contributed by atoms with Gasteiger partial charge >= 0.3 is 0 Å². The molecule has 0 unspecified atom stereocenters. The predicted molar refractivity (Wildman–Crippen MR) is 54.6 cm³/mol. The minimum Gasteiger partial charge on any atom is -0.280 e. The molecule has 3 nitrogen and oxygen atoms in total. The third-order valence-electron chi connectivity index (χ3n) is 1.76. The molecule has 2 heterocycles. The Morgan fingerprint density at radius 1 is 1.38 bits per heavy atom. The van der Waals surface area contributed by atoms with Crippen molar-refractivity contribution < 1.29 is 0 Å². The largest absolute Gasteiger partial charge is 0.280 e. The molecule has 0 saturated heterocycles. The van der Waals surface area contributed by atoms with Crippen molar-refractivity contribution in [2.45, 2.75) is 27.2 Å². The maximum Gasteiger partial charge on any atom is 0.181 e. The van der Waals surface area contributed by atoms with Crippen LogP contribution < -0.4 is 0 Å². The number of nitrogens with one attached hydrogen (secondary N) is 1. The number of hydrogen-bond acceptors (Lipinski definition) is 2. The van der Waals surface area contributed by atoms with Crippen LogP contribution in [0.1, 0.15) is 26.5 Å². The minimum absolute atomic E-state index is 0.810. The number of fused-ring (bicyclic) bond motifs is 1. The molecule has 0 aliphatic heterocycles. The van der Waals surface area contributed by atoms with E-state index in [1.165, 1.54) is 0 Å². The molecule has 1 N–H and O–H groups in total. The summed E-state index contributed by atoms with van der Waals surface area (Å²) in [5.41, 5.74) is 1.97. The van der Waals surface area contributed by atoms with Crippen LogP contribution in [0.25, 0.3) is 11.0 Å². The Hall–Kier alpha value is -1.38. The van der Waals surface area contributed by atoms with Crippen molar-refractivity contribution >= 4 is 11.0 Å². The molecule has 0 atom stereocenters. The van der Waals surface area contributed by atoms with Crippen molar-refractivity contribution in [3.8, 4) is 0 Å². The average molecular weight is 177 g/mol. The molecule has 0 aliphatic rings. The molecule has 0 saturated carbocycles. The quantitative estimate of drug-likeness (QED) is 0.727. The maximum absolute atomic E-state index is 4.11. The van der Waals surface area contributed by atoms with E-state index in [1.54, 1.807) is 6.20 Å². The molecule has 0 bridgehead atoms. The normalized spacial score (nSPS) is 9.46. The summed E-state index contributed by atoms with van der Waals surface area (Å²) in [5, 5.41) is 8.14. The summed E-state index contributed by atoms with van der Waals surface area (Å²) in [4.78, 5) is 4.11. The number of aromatic nitrogens is 3. The van der Waals surface area contributed by atoms with E-state index < -0.39 is 0 Å². The SMILES string of the molecule is CC.CCc1[nH]nc2ncccc12. The molecule has 2 aromatic rings. The second-order valence-corrected chi connectivity index (χ2v) is 2.43. The first-order valence-corrected chi connectivity index (χ1v) is 4.70. The summed E-state index contributed by atoms with van der Waals surface area (Å²) in [6.45, 7) is 6.10. The lowest BCUT2D eigenvalue weighted by Crippen LogP contribution is -1.78. The van der Waals surface area contributed by atoms with E-state index in [1.807, 2.05) is 26.0 Å². The number of aryl methyl sites for hydroxylation is 1. The van der Waals surface area contributed by atoms with Crippen LogP contribution in [0.4, 0.5) is 0 Å². The third kappa shape index (κ3) is 1.86. The number of nitrogens with zero attached hydrogens (tertiary/aromatic N) is 2. The Labute approximate surface area is 78.2 Å². The van der Waals surface area contributed by atoms with Crippen LogP contribution in [0.5, 0.6) is 0 Å². The van der Waals surface area contributed by atoms with Crippen LogP contribution in [0.3, 0.4) is 0 Å². The van der Waals surface area contributed by atoms with E-state index in [9.17, 15) is 0 Å². The molecule has 0 fully saturated rings. The standard InChI is InChI=1S/C8H9N3.C2H6/c1-2-7-6-4-3-5-9-8(6)11-10-7;1-2/h3-5H,2H2,1H3,(H,9,10,11);1-2H3. The lowest BCUT2D eigenvalue weighted by molar-refractivity contribution is 0.983. The monoisotopic (exact) mass is 177 g/mol. The molecule has 0 spiro atoms. The van der Waals surface area contributed by atoms with Crippen LogP contribution in [0.15, 0.2) is 18.3 Å². The van der Waals surface area contributed by atoms with E-state index in [0.717, 1.165) is 23.1 Å². The summed E-state index contributed by atoms with van der Waals surface area (Å²) >= 11 is 0. The Bertz CT molecular complexity index is 365. The molecule has 0 aliphatic carbocycles. The summed E-state index contributed by atoms with van der Waals surface area (Å²) in [5.74, 6) is 0. The van der Waals surface area contributed by atoms with Crippen LogP contribution >= 0.6 is 0 Å². The summed E-state index contributed by atoms with van der Waals surface area (Å²) in [6.07, 6.45) is 2.73. The molecule has 0 amide bonds. The van der Waals surface area contributed by atoms with Gasteiger partial charge in [-0.1, -0.05) is 20.8 Å². The van der Waals surface area contributed by atoms with Gasteiger partial charge in [-0.2, -0.15) is 5.10 Å². The molecule has 13 heavy (non-hydrogen) atoms. The maximum atomic E-state index is 4.11. The van der Waals surface area contributed by atoms with E-state index in [2.05, 4.69) is 22.1 Å². The predicted octanol–water partition coefficient (Wildman–Crippen LogP) is 2.55. The van der Waals surface area contributed by atoms with Gasteiger partial charge in [-0.15, -0.1) is 0 Å². The Morgan fingerprint density at radius 2 is 2.15 bits per heavy atom. The first-order valence-electron chi connectivity index (χ1n) is 4.70. The number of aromatic amines is 1. The summed E-state index contributed by atoms with van der Waals surface area (Å²) < 4.78 is 0. The smallest absolute Gasteiger partial charge is 0.181 e. The van der Waals surface area contributed by atoms with Crippen molar-refractivity contribution in [2.24, 2.45) is 0 Å². The van der Waals surface area contributed by atoms with Crippen molar-refractivity contribution in [1.29, 1.82) is 0 Å². The number of rotatable bonds is 1. The van der Waals surface area contributed by atoms with E-state index in [4.69, 9.17) is 0 Å². The van der Waals surface area contributed by atoms with Crippen molar-refractivity contribution in [1.82, 2.24) is 15.2 Å². The minimum atomic E-state index is 0.810. The molecule has 3 heteroatoms. The second kappa shape index (κ2) is 4.60. The zero-order valence-corrected chi connectivity index (χ0v) is 8.33. The van der Waals surface area contributed by atoms with Gasteiger partial charge in [0.1, 0.15) is 0 Å². The fourth-order valence-electron chi connectivity index (χ4n) is 1.17. The van der Waals surface area contributed by atoms with Crippen molar-refractivity contribution in [3.05, 3.63) is 24.0 Å². The van der Waals surface area contributed by atoms with Crippen molar-refractivity contribution in [2.75, 3.05) is 0 Å². The summed E-state index contributed by atoms with van der Waals surface area (Å²) in [7, 11) is 0. The fourth-order valence-corrected chi connectivity index (χ4v) is 1.17. The lowest BCUT2D eigenvalue weighted by Gasteiger charge is -1.88. The Kier molecular flexibility index (Phi) is 3.43. The van der Waals surface area contributed by atoms with E-state index in [-0.39, 0.29) is 0 Å². The van der Waals surface area contributed by atoms with Crippen molar-refractivity contribution in [3.63, 3.8) is 0 Å². The summed E-state index contributed by atoms with van der Waals surface area (Å²) in [6, 6.07) is 3.96. The highest BCUT2D eigenvalue weighted by atomic mass is 15.1. The number of pyridine rings is 1. The molecule has 0 radical (unpaired) electrons. The van der Waals surface area contributed by atoms with Crippen LogP contribution in [-0.4, -0.2) is 15.2 Å². The highest BCUT2D eigenvalue weighted by molar-refractivity contribution is 5.77. The molecule has 2 aromatic heterocycles. The number of hydrogen-bond donors (Lipinski definition) is 1. The second-order valence-electron chi connectivity index (χ2n) is 2.43. The van der Waals surface area contributed by atoms with Crippen LogP contribution in [0.2, 0.25) is 0 Å². The van der Waals surface area contributed by atoms with Crippen LogP contribution in [-0.2, 0) is 6.42 Å². The van der Waals surface area contributed by atoms with Gasteiger partial charge in [0.15, 0.2) is 5.65 Å². The van der Waals surface area contributed by atoms with Gasteiger partial charge in [0.25, 0.3) is 0 Å². The molecular weight excluding hydrogens is 162 g/mol. The first kappa shape index (κ1) is 9.71. The first-order chi connectivity index (χ1) is 6.42. The van der Waals surface area contributed by atoms with Gasteiger partial charge in [0.2, 0.25) is 0 Å². The van der Waals surface area contributed by atoms with E-state index in [0.29, 0.717) is 0 Å². The third-order valence-corrected chi connectivity index (χ3v) is 1.76. The topological polar surface area (TPSA) is 41.6 Å². The van der Waals surface area contributed by atoms with Gasteiger partial charge in [-0.25, -0.2) is 4.98 Å². The molecule has 2 rings (SSSR count). The molecular formula is C10H15N3. The zero-order chi connectivity index (χ0) is 9.68. The fraction of sp³-hybridized carbons (Fsp3) is 0.400. The number of H-pyrrole nitrogens is 1. The average Bonchev–Trinajstić information content (AvgIpc) is 2.64. The lowest BCUT2D eigenvalue weighted by atomic mass is 10.2. The van der Waals surface area contributed by atoms with Gasteiger partial charge in [-0.05, 0) is 18.6 Å². The van der Waals surface area contributed by atoms with Gasteiger partial charge in [0, 0.05) is 17.3 Å². The van der Waals surface area contributed by atoms with E-state index >= 15 is 0 Å². The Morgan fingerprint density at radius 3 is 2.85 bits per heavy atom. The molecule has 0 aromatic carbocycles. The zero-order valence-electron chi connectivity index (χ0n) is 8.33. The van der Waals surface area contributed by atoms with Crippen LogP contribution in [0, 0.1) is 0 Å². The van der Waals surface area contributed by atoms with Gasteiger partial charge in [0.05, 0.1) is 0 Å². The Balaban J connectivity index is 0.000000396.